The van der Waals surface area contributed by atoms with Gasteiger partial charge in [0.1, 0.15) is 0 Å². The highest BCUT2D eigenvalue weighted by Crippen LogP contribution is 2.24. The summed E-state index contributed by atoms with van der Waals surface area (Å²) >= 11 is 6.42. The summed E-state index contributed by atoms with van der Waals surface area (Å²) in [5.74, 6) is -0.281. The molecule has 0 unspecified atom stereocenters. The Balaban J connectivity index is 1.84. The number of hydrogen-bond acceptors (Lipinski definition) is 4. The van der Waals surface area contributed by atoms with E-state index in [0.717, 1.165) is 42.7 Å². The Hall–Kier alpha value is -1.83. The first-order valence-corrected chi connectivity index (χ1v) is 10.3. The highest BCUT2D eigenvalue weighted by Gasteiger charge is 2.13. The number of benzene rings is 2. The minimum Gasteiger partial charge on any atom is -0.316 e. The van der Waals surface area contributed by atoms with Gasteiger partial charge in [-0.3, -0.25) is 4.79 Å². The summed E-state index contributed by atoms with van der Waals surface area (Å²) in [7, 11) is 0. The first kappa shape index (κ1) is 16.6. The van der Waals surface area contributed by atoms with Gasteiger partial charge in [0.25, 0.3) is 0 Å². The molecular formula is C18H14BrN3OS2. The first-order chi connectivity index (χ1) is 12.2. The van der Waals surface area contributed by atoms with Crippen molar-refractivity contribution >= 4 is 64.9 Å². The molecule has 25 heavy (non-hydrogen) atoms. The van der Waals surface area contributed by atoms with E-state index < -0.39 is 0 Å². The molecule has 0 N–H and O–H groups in total. The van der Waals surface area contributed by atoms with Crippen LogP contribution in [-0.4, -0.2) is 15.5 Å². The van der Waals surface area contributed by atoms with Gasteiger partial charge < -0.3 is 4.57 Å². The van der Waals surface area contributed by atoms with Crippen molar-refractivity contribution in [3.8, 4) is 0 Å². The Morgan fingerprint density at radius 3 is 2.84 bits per heavy atom. The van der Waals surface area contributed by atoms with Crippen LogP contribution < -0.4 is 4.80 Å². The van der Waals surface area contributed by atoms with Crippen LogP contribution in [0.2, 0.25) is 0 Å². The SMILES string of the molecule is CCCn1c(=NC(=O)c2nc3ccccc3s2)sc2cc(Br)ccc21. The molecule has 1 amide bonds. The Morgan fingerprint density at radius 1 is 1.20 bits per heavy atom. The number of carbonyl (C=O) groups is 1. The van der Waals surface area contributed by atoms with E-state index in [4.69, 9.17) is 0 Å². The number of amides is 1. The molecule has 0 radical (unpaired) electrons. The fraction of sp³-hybridized carbons (Fsp3) is 0.167. The van der Waals surface area contributed by atoms with E-state index in [1.54, 1.807) is 0 Å². The lowest BCUT2D eigenvalue weighted by Gasteiger charge is -2.02. The molecule has 0 fully saturated rings. The number of thiazole rings is 2. The second-order valence-corrected chi connectivity index (χ2v) is 8.51. The molecule has 0 aliphatic carbocycles. The monoisotopic (exact) mass is 431 g/mol. The quantitative estimate of drug-likeness (QED) is 0.445. The number of para-hydroxylation sites is 1. The predicted octanol–water partition coefficient (Wildman–Crippen LogP) is 5.23. The highest BCUT2D eigenvalue weighted by molar-refractivity contribution is 9.10. The van der Waals surface area contributed by atoms with Gasteiger partial charge in [-0.1, -0.05) is 46.3 Å². The van der Waals surface area contributed by atoms with Gasteiger partial charge in [-0.05, 0) is 36.8 Å². The normalized spacial score (nSPS) is 12.3. The average molecular weight is 432 g/mol. The molecule has 2 aromatic heterocycles. The molecule has 126 valence electrons. The zero-order chi connectivity index (χ0) is 17.4. The Labute approximate surface area is 160 Å². The van der Waals surface area contributed by atoms with E-state index in [1.165, 1.54) is 22.7 Å². The molecule has 0 saturated carbocycles. The maximum absolute atomic E-state index is 12.6. The van der Waals surface area contributed by atoms with E-state index in [2.05, 4.69) is 49.5 Å². The van der Waals surface area contributed by atoms with Gasteiger partial charge in [-0.15, -0.1) is 11.3 Å². The molecule has 4 nitrogen and oxygen atoms in total. The van der Waals surface area contributed by atoms with Gasteiger partial charge in [0.2, 0.25) is 0 Å². The molecule has 0 aliphatic rings. The van der Waals surface area contributed by atoms with Gasteiger partial charge in [-0.25, -0.2) is 4.98 Å². The van der Waals surface area contributed by atoms with E-state index in [-0.39, 0.29) is 5.91 Å². The van der Waals surface area contributed by atoms with Crippen molar-refractivity contribution in [1.82, 2.24) is 9.55 Å². The minimum atomic E-state index is -0.281. The van der Waals surface area contributed by atoms with Crippen LogP contribution in [0.5, 0.6) is 0 Å². The predicted molar refractivity (Wildman–Crippen MR) is 107 cm³/mol. The van der Waals surface area contributed by atoms with Gasteiger partial charge in [0, 0.05) is 11.0 Å². The third kappa shape index (κ3) is 3.19. The van der Waals surface area contributed by atoms with Crippen molar-refractivity contribution in [3.63, 3.8) is 0 Å². The van der Waals surface area contributed by atoms with E-state index in [1.807, 2.05) is 30.3 Å². The molecule has 2 aromatic carbocycles. The van der Waals surface area contributed by atoms with Crippen molar-refractivity contribution in [3.05, 3.63) is 56.7 Å². The van der Waals surface area contributed by atoms with Gasteiger partial charge in [0.05, 0.1) is 20.4 Å². The number of carbonyl (C=O) groups excluding carboxylic acids is 1. The van der Waals surface area contributed by atoms with Crippen molar-refractivity contribution in [2.75, 3.05) is 0 Å². The summed E-state index contributed by atoms with van der Waals surface area (Å²) in [5, 5.41) is 0.433. The van der Waals surface area contributed by atoms with Gasteiger partial charge in [0.15, 0.2) is 9.81 Å². The molecule has 0 bridgehead atoms. The molecule has 0 aliphatic heterocycles. The molecule has 0 atom stereocenters. The van der Waals surface area contributed by atoms with E-state index in [0.29, 0.717) is 5.01 Å². The zero-order valence-electron chi connectivity index (χ0n) is 13.4. The van der Waals surface area contributed by atoms with Crippen LogP contribution in [0.25, 0.3) is 20.4 Å². The molecular weight excluding hydrogens is 418 g/mol. The van der Waals surface area contributed by atoms with Crippen LogP contribution in [0.3, 0.4) is 0 Å². The average Bonchev–Trinajstić information content (AvgIpc) is 3.17. The van der Waals surface area contributed by atoms with Crippen LogP contribution in [0.1, 0.15) is 23.1 Å². The highest BCUT2D eigenvalue weighted by atomic mass is 79.9. The fourth-order valence-electron chi connectivity index (χ4n) is 2.67. The molecule has 4 rings (SSSR count). The molecule has 7 heteroatoms. The first-order valence-electron chi connectivity index (χ1n) is 7.89. The van der Waals surface area contributed by atoms with Crippen molar-refractivity contribution < 1.29 is 4.79 Å². The Bertz CT molecular complexity index is 1120. The number of fused-ring (bicyclic) bond motifs is 2. The molecule has 2 heterocycles. The molecule has 0 spiro atoms. The summed E-state index contributed by atoms with van der Waals surface area (Å²) in [4.78, 5) is 22.2. The van der Waals surface area contributed by atoms with Crippen molar-refractivity contribution in [2.45, 2.75) is 19.9 Å². The zero-order valence-corrected chi connectivity index (χ0v) is 16.6. The number of halogens is 1. The number of nitrogens with zero attached hydrogens (tertiary/aromatic N) is 3. The topological polar surface area (TPSA) is 47.2 Å². The summed E-state index contributed by atoms with van der Waals surface area (Å²) in [6.07, 6.45) is 0.977. The number of aromatic nitrogens is 2. The number of hydrogen-bond donors (Lipinski definition) is 0. The number of rotatable bonds is 3. The lowest BCUT2D eigenvalue weighted by molar-refractivity contribution is 0.0997. The Morgan fingerprint density at radius 2 is 2.04 bits per heavy atom. The molecule has 0 saturated heterocycles. The summed E-state index contributed by atoms with van der Waals surface area (Å²) in [5.41, 5.74) is 1.94. The summed E-state index contributed by atoms with van der Waals surface area (Å²) in [6.45, 7) is 2.95. The Kier molecular flexibility index (Phi) is 4.54. The maximum atomic E-state index is 12.6. The number of aryl methyl sites for hydroxylation is 1. The molecule has 4 aromatic rings. The smallest absolute Gasteiger partial charge is 0.308 e. The van der Waals surface area contributed by atoms with Crippen LogP contribution in [0.15, 0.2) is 51.9 Å². The third-order valence-electron chi connectivity index (χ3n) is 3.77. The van der Waals surface area contributed by atoms with E-state index >= 15 is 0 Å². The van der Waals surface area contributed by atoms with Gasteiger partial charge >= 0.3 is 5.91 Å². The van der Waals surface area contributed by atoms with Gasteiger partial charge in [-0.2, -0.15) is 4.99 Å². The van der Waals surface area contributed by atoms with E-state index in [9.17, 15) is 4.79 Å². The van der Waals surface area contributed by atoms with Crippen LogP contribution in [-0.2, 0) is 6.54 Å². The largest absolute Gasteiger partial charge is 0.316 e. The third-order valence-corrected chi connectivity index (χ3v) is 6.32. The van der Waals surface area contributed by atoms with Crippen LogP contribution in [0, 0.1) is 0 Å². The minimum absolute atomic E-state index is 0.281. The van der Waals surface area contributed by atoms with Crippen molar-refractivity contribution in [2.24, 2.45) is 4.99 Å². The second-order valence-electron chi connectivity index (χ2n) is 5.55. The second kappa shape index (κ2) is 6.82. The lowest BCUT2D eigenvalue weighted by atomic mass is 10.3. The van der Waals surface area contributed by atoms with Crippen LogP contribution in [0.4, 0.5) is 0 Å². The fourth-order valence-corrected chi connectivity index (χ4v) is 5.13. The lowest BCUT2D eigenvalue weighted by Crippen LogP contribution is -2.16. The summed E-state index contributed by atoms with van der Waals surface area (Å²) in [6, 6.07) is 13.9. The maximum Gasteiger partial charge on any atom is 0.308 e. The standard InChI is InChI=1S/C18H14BrN3OS2/c1-2-9-22-13-8-7-11(19)10-15(13)25-18(22)21-16(23)17-20-12-5-3-4-6-14(12)24-17/h3-8,10H,2,9H2,1H3. The summed E-state index contributed by atoms with van der Waals surface area (Å²) < 4.78 is 5.24. The van der Waals surface area contributed by atoms with Crippen LogP contribution >= 0.6 is 38.6 Å². The van der Waals surface area contributed by atoms with Crippen molar-refractivity contribution in [1.29, 1.82) is 0 Å².